The third kappa shape index (κ3) is 5.56. The maximum absolute atomic E-state index is 11.5. The van der Waals surface area contributed by atoms with E-state index in [0.717, 1.165) is 5.56 Å². The molecule has 0 fully saturated rings. The van der Waals surface area contributed by atoms with Crippen molar-refractivity contribution >= 4 is 0 Å². The SMILES string of the molecule is CCCCCCCCCC(C)(C)c1ccc([O])c(C)c1. The smallest absolute Gasteiger partial charge is 0.181 e. The predicted molar refractivity (Wildman–Crippen MR) is 86.9 cm³/mol. The lowest BCUT2D eigenvalue weighted by atomic mass is 9.79. The van der Waals surface area contributed by atoms with Crippen molar-refractivity contribution in [2.24, 2.45) is 0 Å². The van der Waals surface area contributed by atoms with Crippen LogP contribution in [0.2, 0.25) is 0 Å². The van der Waals surface area contributed by atoms with Gasteiger partial charge in [-0.25, -0.2) is 0 Å². The molecule has 0 spiro atoms. The first kappa shape index (κ1) is 17.1. The fourth-order valence-electron chi connectivity index (χ4n) is 2.74. The van der Waals surface area contributed by atoms with Crippen molar-refractivity contribution in [3.63, 3.8) is 0 Å². The standard InChI is InChI=1S/C19H31O/c1-5-6-7-8-9-10-11-14-19(3,4)17-12-13-18(20)16(2)15-17/h12-13,15H,5-11,14H2,1-4H3. The highest BCUT2D eigenvalue weighted by Crippen LogP contribution is 2.32. The number of benzene rings is 1. The minimum Gasteiger partial charge on any atom is -0.290 e. The minimum atomic E-state index is 0.153. The van der Waals surface area contributed by atoms with Gasteiger partial charge in [0.05, 0.1) is 0 Å². The van der Waals surface area contributed by atoms with E-state index in [0.29, 0.717) is 0 Å². The largest absolute Gasteiger partial charge is 0.290 e. The number of hydrogen-bond donors (Lipinski definition) is 0. The summed E-state index contributed by atoms with van der Waals surface area (Å²) in [4.78, 5) is 0. The summed E-state index contributed by atoms with van der Waals surface area (Å²) < 4.78 is 0. The molecule has 0 atom stereocenters. The van der Waals surface area contributed by atoms with Gasteiger partial charge in [0.2, 0.25) is 0 Å². The van der Waals surface area contributed by atoms with Crippen LogP contribution in [-0.4, -0.2) is 0 Å². The van der Waals surface area contributed by atoms with E-state index in [1.807, 2.05) is 13.0 Å². The molecular formula is C19H31O. The molecule has 0 heterocycles. The van der Waals surface area contributed by atoms with Crippen molar-refractivity contribution in [3.05, 3.63) is 29.3 Å². The van der Waals surface area contributed by atoms with E-state index in [1.54, 1.807) is 6.07 Å². The molecule has 0 saturated heterocycles. The van der Waals surface area contributed by atoms with Gasteiger partial charge in [-0.2, -0.15) is 0 Å². The van der Waals surface area contributed by atoms with Gasteiger partial charge in [0.15, 0.2) is 5.75 Å². The van der Waals surface area contributed by atoms with Crippen LogP contribution in [0, 0.1) is 6.92 Å². The summed E-state index contributed by atoms with van der Waals surface area (Å²) in [5, 5.41) is 11.5. The van der Waals surface area contributed by atoms with Crippen molar-refractivity contribution in [2.45, 2.75) is 84.5 Å². The zero-order valence-electron chi connectivity index (χ0n) is 13.8. The Bertz CT molecular complexity index is 393. The summed E-state index contributed by atoms with van der Waals surface area (Å²) in [5.74, 6) is 0.153. The van der Waals surface area contributed by atoms with Crippen LogP contribution in [0.25, 0.3) is 0 Å². The Morgan fingerprint density at radius 1 is 0.950 bits per heavy atom. The van der Waals surface area contributed by atoms with Crippen LogP contribution in [-0.2, 0) is 10.5 Å². The Labute approximate surface area is 125 Å². The lowest BCUT2D eigenvalue weighted by Gasteiger charge is -2.25. The molecule has 0 amide bonds. The Morgan fingerprint density at radius 3 is 2.15 bits per heavy atom. The van der Waals surface area contributed by atoms with Gasteiger partial charge in [-0.15, -0.1) is 0 Å². The fourth-order valence-corrected chi connectivity index (χ4v) is 2.74. The van der Waals surface area contributed by atoms with E-state index in [9.17, 15) is 5.11 Å². The van der Waals surface area contributed by atoms with Gasteiger partial charge in [0.1, 0.15) is 0 Å². The second-order valence-electron chi connectivity index (χ2n) is 6.74. The molecule has 1 radical (unpaired) electrons. The Hall–Kier alpha value is -0.980. The van der Waals surface area contributed by atoms with E-state index < -0.39 is 0 Å². The average Bonchev–Trinajstić information content (AvgIpc) is 2.40. The second-order valence-corrected chi connectivity index (χ2v) is 6.74. The molecule has 0 aliphatic rings. The maximum Gasteiger partial charge on any atom is 0.181 e. The first-order valence-corrected chi connectivity index (χ1v) is 8.25. The highest BCUT2D eigenvalue weighted by atomic mass is 16.3. The Balaban J connectivity index is 2.35. The molecule has 1 aromatic rings. The lowest BCUT2D eigenvalue weighted by molar-refractivity contribution is 0.351. The fraction of sp³-hybridized carbons (Fsp3) is 0.684. The predicted octanol–water partition coefficient (Wildman–Crippen LogP) is 6.56. The van der Waals surface area contributed by atoms with Crippen LogP contribution in [0.4, 0.5) is 0 Å². The quantitative estimate of drug-likeness (QED) is 0.455. The molecule has 1 aromatic carbocycles. The molecule has 0 bridgehead atoms. The van der Waals surface area contributed by atoms with Crippen molar-refractivity contribution in [2.75, 3.05) is 0 Å². The molecule has 20 heavy (non-hydrogen) atoms. The summed E-state index contributed by atoms with van der Waals surface area (Å²) in [7, 11) is 0. The molecule has 0 aliphatic carbocycles. The summed E-state index contributed by atoms with van der Waals surface area (Å²) in [6.07, 6.45) is 10.7. The van der Waals surface area contributed by atoms with Crippen LogP contribution in [0.5, 0.6) is 5.75 Å². The molecule has 1 nitrogen and oxygen atoms in total. The number of hydrogen-bond acceptors (Lipinski definition) is 0. The molecule has 0 N–H and O–H groups in total. The van der Waals surface area contributed by atoms with Crippen molar-refractivity contribution in [3.8, 4) is 5.75 Å². The van der Waals surface area contributed by atoms with Crippen LogP contribution in [0.15, 0.2) is 18.2 Å². The van der Waals surface area contributed by atoms with Gasteiger partial charge in [0.25, 0.3) is 0 Å². The molecule has 113 valence electrons. The summed E-state index contributed by atoms with van der Waals surface area (Å²) in [6, 6.07) is 5.80. The highest BCUT2D eigenvalue weighted by Gasteiger charge is 2.20. The Kier molecular flexibility index (Phi) is 7.12. The van der Waals surface area contributed by atoms with Crippen molar-refractivity contribution in [1.82, 2.24) is 0 Å². The number of aryl methyl sites for hydroxylation is 1. The van der Waals surface area contributed by atoms with Crippen molar-refractivity contribution in [1.29, 1.82) is 0 Å². The third-order valence-electron chi connectivity index (χ3n) is 4.36. The minimum absolute atomic E-state index is 0.153. The molecule has 0 aromatic heterocycles. The molecule has 0 saturated carbocycles. The lowest BCUT2D eigenvalue weighted by Crippen LogP contribution is -2.17. The average molecular weight is 275 g/mol. The topological polar surface area (TPSA) is 19.9 Å². The summed E-state index contributed by atoms with van der Waals surface area (Å²) in [6.45, 7) is 8.76. The van der Waals surface area contributed by atoms with Crippen LogP contribution in [0.1, 0.15) is 83.3 Å². The van der Waals surface area contributed by atoms with Gasteiger partial charge in [-0.1, -0.05) is 77.8 Å². The molecule has 1 heteroatoms. The molecule has 0 unspecified atom stereocenters. The van der Waals surface area contributed by atoms with Crippen LogP contribution >= 0.6 is 0 Å². The molecule has 1 rings (SSSR count). The van der Waals surface area contributed by atoms with Gasteiger partial charge in [-0.05, 0) is 36.0 Å². The molecule has 0 aliphatic heterocycles. The van der Waals surface area contributed by atoms with Crippen molar-refractivity contribution < 1.29 is 5.11 Å². The van der Waals surface area contributed by atoms with E-state index in [1.165, 1.54) is 56.9 Å². The summed E-state index contributed by atoms with van der Waals surface area (Å²) in [5.41, 5.74) is 2.36. The maximum atomic E-state index is 11.5. The molecular weight excluding hydrogens is 244 g/mol. The first-order chi connectivity index (χ1) is 9.47. The first-order valence-electron chi connectivity index (χ1n) is 8.25. The van der Waals surface area contributed by atoms with Gasteiger partial charge < -0.3 is 0 Å². The monoisotopic (exact) mass is 275 g/mol. The normalized spacial score (nSPS) is 11.8. The van der Waals surface area contributed by atoms with Crippen LogP contribution < -0.4 is 0 Å². The van der Waals surface area contributed by atoms with Gasteiger partial charge in [-0.3, -0.25) is 5.11 Å². The Morgan fingerprint density at radius 2 is 1.55 bits per heavy atom. The number of unbranched alkanes of at least 4 members (excludes halogenated alkanes) is 6. The highest BCUT2D eigenvalue weighted by molar-refractivity contribution is 5.37. The van der Waals surface area contributed by atoms with E-state index in [2.05, 4.69) is 26.8 Å². The summed E-state index contributed by atoms with van der Waals surface area (Å²) >= 11 is 0. The van der Waals surface area contributed by atoms with Crippen LogP contribution in [0.3, 0.4) is 0 Å². The third-order valence-corrected chi connectivity index (χ3v) is 4.36. The van der Waals surface area contributed by atoms with E-state index in [-0.39, 0.29) is 11.2 Å². The van der Waals surface area contributed by atoms with E-state index >= 15 is 0 Å². The zero-order valence-corrected chi connectivity index (χ0v) is 13.8. The van der Waals surface area contributed by atoms with Gasteiger partial charge >= 0.3 is 0 Å². The zero-order chi connectivity index (χ0) is 15.0. The second kappa shape index (κ2) is 8.34. The van der Waals surface area contributed by atoms with E-state index in [4.69, 9.17) is 0 Å². The van der Waals surface area contributed by atoms with Gasteiger partial charge in [0, 0.05) is 0 Å². The number of rotatable bonds is 9.